The molecule has 5 nitrogen and oxygen atoms in total. The molecule has 1 atom stereocenters. The van der Waals surface area contributed by atoms with Crippen LogP contribution in [-0.2, 0) is 4.79 Å². The number of carbonyl (C=O) groups excluding carboxylic acids is 1. The lowest BCUT2D eigenvalue weighted by atomic mass is 10.0. The van der Waals surface area contributed by atoms with Crippen molar-refractivity contribution in [1.29, 1.82) is 0 Å². The van der Waals surface area contributed by atoms with Gasteiger partial charge in [0, 0.05) is 19.2 Å². The first-order chi connectivity index (χ1) is 10.3. The van der Waals surface area contributed by atoms with E-state index in [2.05, 4.69) is 10.3 Å². The zero-order valence-corrected chi connectivity index (χ0v) is 12.3. The fourth-order valence-corrected chi connectivity index (χ4v) is 2.67. The van der Waals surface area contributed by atoms with E-state index in [1.807, 2.05) is 12.1 Å². The molecule has 2 N–H and O–H groups in total. The van der Waals surface area contributed by atoms with E-state index in [0.29, 0.717) is 31.9 Å². The fraction of sp³-hybridized carbons (Fsp3) is 0.625. The smallest absolute Gasteiger partial charge is 0.220 e. The number of amides is 1. The van der Waals surface area contributed by atoms with Gasteiger partial charge in [0.1, 0.15) is 5.75 Å². The average Bonchev–Trinajstić information content (AvgIpc) is 3.05. The minimum Gasteiger partial charge on any atom is -0.492 e. The summed E-state index contributed by atoms with van der Waals surface area (Å²) in [5, 5.41) is 12.8. The lowest BCUT2D eigenvalue weighted by molar-refractivity contribution is -0.121. The second kappa shape index (κ2) is 8.62. The van der Waals surface area contributed by atoms with Crippen LogP contribution in [0.15, 0.2) is 24.5 Å². The van der Waals surface area contributed by atoms with E-state index in [9.17, 15) is 9.90 Å². The van der Waals surface area contributed by atoms with Crippen LogP contribution in [-0.4, -0.2) is 35.3 Å². The van der Waals surface area contributed by atoms with E-state index in [1.54, 1.807) is 12.4 Å². The molecular formula is C16H24N2O3. The maximum atomic E-state index is 11.7. The van der Waals surface area contributed by atoms with Gasteiger partial charge in [0.05, 0.1) is 18.9 Å². The van der Waals surface area contributed by atoms with Crippen molar-refractivity contribution in [3.05, 3.63) is 24.5 Å². The molecule has 2 rings (SSSR count). The Bertz CT molecular complexity index is 419. The largest absolute Gasteiger partial charge is 0.492 e. The van der Waals surface area contributed by atoms with Crippen LogP contribution in [0.25, 0.3) is 0 Å². The third kappa shape index (κ3) is 5.71. The average molecular weight is 292 g/mol. The predicted molar refractivity (Wildman–Crippen MR) is 79.9 cm³/mol. The van der Waals surface area contributed by atoms with Crippen molar-refractivity contribution in [2.75, 3.05) is 13.2 Å². The van der Waals surface area contributed by atoms with Crippen LogP contribution in [0.4, 0.5) is 0 Å². The highest BCUT2D eigenvalue weighted by Crippen LogP contribution is 2.27. The van der Waals surface area contributed by atoms with Gasteiger partial charge in [-0.25, -0.2) is 0 Å². The van der Waals surface area contributed by atoms with E-state index in [0.717, 1.165) is 18.6 Å². The normalized spacial score (nSPS) is 16.6. The Labute approximate surface area is 125 Å². The molecule has 5 heteroatoms. The van der Waals surface area contributed by atoms with Gasteiger partial charge in [-0.05, 0) is 37.3 Å². The summed E-state index contributed by atoms with van der Waals surface area (Å²) >= 11 is 0. The van der Waals surface area contributed by atoms with Crippen molar-refractivity contribution in [3.63, 3.8) is 0 Å². The topological polar surface area (TPSA) is 71.5 Å². The zero-order valence-electron chi connectivity index (χ0n) is 12.3. The number of aliphatic hydroxyl groups is 1. The standard InChI is InChI=1S/C16H24N2O3/c19-15(13-5-1-2-6-13)12-18-16(20)8-4-10-21-14-7-3-9-17-11-14/h3,7,9,11,13,15,19H,1-2,4-6,8,10,12H2,(H,18,20). The quantitative estimate of drug-likeness (QED) is 0.718. The molecule has 0 aliphatic heterocycles. The summed E-state index contributed by atoms with van der Waals surface area (Å²) in [7, 11) is 0. The molecule has 1 amide bonds. The number of hydrogen-bond donors (Lipinski definition) is 2. The summed E-state index contributed by atoms with van der Waals surface area (Å²) in [5.41, 5.74) is 0. The molecule has 1 aromatic rings. The second-order valence-electron chi connectivity index (χ2n) is 5.56. The van der Waals surface area contributed by atoms with Crippen molar-refractivity contribution in [3.8, 4) is 5.75 Å². The van der Waals surface area contributed by atoms with Crippen molar-refractivity contribution in [2.24, 2.45) is 5.92 Å². The number of aliphatic hydroxyl groups excluding tert-OH is 1. The van der Waals surface area contributed by atoms with Gasteiger partial charge in [-0.2, -0.15) is 0 Å². The monoisotopic (exact) mass is 292 g/mol. The molecule has 1 unspecified atom stereocenters. The molecular weight excluding hydrogens is 268 g/mol. The fourth-order valence-electron chi connectivity index (χ4n) is 2.67. The van der Waals surface area contributed by atoms with Crippen LogP contribution >= 0.6 is 0 Å². The molecule has 1 fully saturated rings. The summed E-state index contributed by atoms with van der Waals surface area (Å²) in [6.45, 7) is 0.858. The molecule has 116 valence electrons. The van der Waals surface area contributed by atoms with Gasteiger partial charge < -0.3 is 15.2 Å². The van der Waals surface area contributed by atoms with E-state index in [1.165, 1.54) is 12.8 Å². The van der Waals surface area contributed by atoms with Crippen molar-refractivity contribution >= 4 is 5.91 Å². The SMILES string of the molecule is O=C(CCCOc1cccnc1)NCC(O)C1CCCC1. The van der Waals surface area contributed by atoms with E-state index in [-0.39, 0.29) is 5.91 Å². The van der Waals surface area contributed by atoms with Gasteiger partial charge in [0.25, 0.3) is 0 Å². The van der Waals surface area contributed by atoms with Crippen LogP contribution < -0.4 is 10.1 Å². The number of rotatable bonds is 8. The molecule has 0 aromatic carbocycles. The molecule has 0 radical (unpaired) electrons. The zero-order chi connectivity index (χ0) is 14.9. The molecule has 0 bridgehead atoms. The number of nitrogens with one attached hydrogen (secondary N) is 1. The number of carbonyl (C=O) groups is 1. The maximum Gasteiger partial charge on any atom is 0.220 e. The molecule has 0 spiro atoms. The van der Waals surface area contributed by atoms with Crippen molar-refractivity contribution < 1.29 is 14.6 Å². The Morgan fingerprint density at radius 1 is 1.48 bits per heavy atom. The van der Waals surface area contributed by atoms with Gasteiger partial charge in [-0.3, -0.25) is 9.78 Å². The molecule has 1 aliphatic carbocycles. The Balaban J connectivity index is 1.53. The minimum atomic E-state index is -0.400. The number of hydrogen-bond acceptors (Lipinski definition) is 4. The van der Waals surface area contributed by atoms with E-state index < -0.39 is 6.10 Å². The number of ether oxygens (including phenoxy) is 1. The van der Waals surface area contributed by atoms with Gasteiger partial charge in [-0.1, -0.05) is 12.8 Å². The Morgan fingerprint density at radius 2 is 2.29 bits per heavy atom. The van der Waals surface area contributed by atoms with Gasteiger partial charge in [0.15, 0.2) is 0 Å². The molecule has 1 aromatic heterocycles. The summed E-state index contributed by atoms with van der Waals surface area (Å²) in [6.07, 6.45) is 8.56. The van der Waals surface area contributed by atoms with Crippen molar-refractivity contribution in [2.45, 2.75) is 44.6 Å². The van der Waals surface area contributed by atoms with Gasteiger partial charge >= 0.3 is 0 Å². The summed E-state index contributed by atoms with van der Waals surface area (Å²) < 4.78 is 5.47. The Kier molecular flexibility index (Phi) is 6.47. The van der Waals surface area contributed by atoms with Crippen LogP contribution in [0.2, 0.25) is 0 Å². The predicted octanol–water partition coefficient (Wildman–Crippen LogP) is 1.91. The third-order valence-electron chi connectivity index (χ3n) is 3.90. The van der Waals surface area contributed by atoms with Crippen LogP contribution in [0.5, 0.6) is 5.75 Å². The highest BCUT2D eigenvalue weighted by molar-refractivity contribution is 5.75. The Morgan fingerprint density at radius 3 is 3.00 bits per heavy atom. The lowest BCUT2D eigenvalue weighted by Crippen LogP contribution is -2.35. The molecule has 21 heavy (non-hydrogen) atoms. The van der Waals surface area contributed by atoms with Gasteiger partial charge in [-0.15, -0.1) is 0 Å². The summed E-state index contributed by atoms with van der Waals surface area (Å²) in [6, 6.07) is 3.65. The van der Waals surface area contributed by atoms with Crippen LogP contribution in [0.1, 0.15) is 38.5 Å². The minimum absolute atomic E-state index is 0.0261. The van der Waals surface area contributed by atoms with E-state index >= 15 is 0 Å². The first-order valence-electron chi connectivity index (χ1n) is 7.73. The molecule has 1 heterocycles. The lowest BCUT2D eigenvalue weighted by Gasteiger charge is -2.18. The summed E-state index contributed by atoms with van der Waals surface area (Å²) in [4.78, 5) is 15.6. The number of pyridine rings is 1. The second-order valence-corrected chi connectivity index (χ2v) is 5.56. The summed E-state index contributed by atoms with van der Waals surface area (Å²) in [5.74, 6) is 1.05. The molecule has 1 aliphatic rings. The highest BCUT2D eigenvalue weighted by Gasteiger charge is 2.23. The number of nitrogens with zero attached hydrogens (tertiary/aromatic N) is 1. The maximum absolute atomic E-state index is 11.7. The van der Waals surface area contributed by atoms with Gasteiger partial charge in [0.2, 0.25) is 5.91 Å². The molecule has 0 saturated heterocycles. The first-order valence-corrected chi connectivity index (χ1v) is 7.73. The third-order valence-corrected chi connectivity index (χ3v) is 3.90. The van der Waals surface area contributed by atoms with Crippen LogP contribution in [0, 0.1) is 5.92 Å². The van der Waals surface area contributed by atoms with E-state index in [4.69, 9.17) is 4.74 Å². The Hall–Kier alpha value is -1.62. The first kappa shape index (κ1) is 15.8. The van der Waals surface area contributed by atoms with Crippen LogP contribution in [0.3, 0.4) is 0 Å². The highest BCUT2D eigenvalue weighted by atomic mass is 16.5. The molecule has 1 saturated carbocycles. The number of aromatic nitrogens is 1. The van der Waals surface area contributed by atoms with Crippen molar-refractivity contribution in [1.82, 2.24) is 10.3 Å².